The molecule has 1 aliphatic rings. The van der Waals surface area contributed by atoms with Gasteiger partial charge in [-0.1, -0.05) is 0 Å². The zero-order valence-corrected chi connectivity index (χ0v) is 12.5. The molecule has 1 aromatic rings. The van der Waals surface area contributed by atoms with Crippen LogP contribution in [0.15, 0.2) is 18.3 Å². The third-order valence-corrected chi connectivity index (χ3v) is 3.28. The average Bonchev–Trinajstić information content (AvgIpc) is 2.37. The average molecular weight is 278 g/mol. The number of nitrogens with zero attached hydrogens (tertiary/aromatic N) is 2. The molecular weight excluding hydrogens is 256 g/mol. The van der Waals surface area contributed by atoms with Crippen molar-refractivity contribution in [2.45, 2.75) is 32.5 Å². The van der Waals surface area contributed by atoms with E-state index in [0.717, 1.165) is 5.69 Å². The van der Waals surface area contributed by atoms with Crippen molar-refractivity contribution < 1.29 is 14.3 Å². The fourth-order valence-corrected chi connectivity index (χ4v) is 2.50. The Morgan fingerprint density at radius 1 is 1.55 bits per heavy atom. The first-order valence-corrected chi connectivity index (χ1v) is 6.80. The predicted octanol–water partition coefficient (Wildman–Crippen LogP) is 1.66. The van der Waals surface area contributed by atoms with Crippen LogP contribution < -0.4 is 0 Å². The Labute approximate surface area is 119 Å². The van der Waals surface area contributed by atoms with Gasteiger partial charge in [-0.15, -0.1) is 0 Å². The van der Waals surface area contributed by atoms with E-state index in [9.17, 15) is 4.79 Å². The maximum atomic E-state index is 12.5. The second-order valence-electron chi connectivity index (χ2n) is 5.83. The molecular formula is C15H22N2O3. The van der Waals surface area contributed by atoms with E-state index in [-0.39, 0.29) is 17.6 Å². The van der Waals surface area contributed by atoms with Gasteiger partial charge >= 0.3 is 0 Å². The van der Waals surface area contributed by atoms with Crippen LogP contribution in [0.4, 0.5) is 0 Å². The Morgan fingerprint density at radius 3 is 2.90 bits per heavy atom. The van der Waals surface area contributed by atoms with Crippen LogP contribution in [0.25, 0.3) is 0 Å². The number of morpholine rings is 1. The summed E-state index contributed by atoms with van der Waals surface area (Å²) in [5.41, 5.74) is 1.15. The van der Waals surface area contributed by atoms with E-state index in [2.05, 4.69) is 4.98 Å². The molecule has 0 N–H and O–H groups in total. The molecule has 110 valence electrons. The summed E-state index contributed by atoms with van der Waals surface area (Å²) < 4.78 is 11.1. The van der Waals surface area contributed by atoms with Gasteiger partial charge in [0.2, 0.25) is 0 Å². The molecule has 5 heteroatoms. The monoisotopic (exact) mass is 278 g/mol. The number of hydrogen-bond acceptors (Lipinski definition) is 4. The highest BCUT2D eigenvalue weighted by Gasteiger charge is 2.35. The second-order valence-corrected chi connectivity index (χ2v) is 5.83. The van der Waals surface area contributed by atoms with Gasteiger partial charge in [-0.05, 0) is 32.9 Å². The lowest BCUT2D eigenvalue weighted by molar-refractivity contribution is -0.143. The molecule has 1 aliphatic heterocycles. The number of amides is 1. The summed E-state index contributed by atoms with van der Waals surface area (Å²) in [7, 11) is 1.64. The Balaban J connectivity index is 2.13. The molecule has 0 aromatic carbocycles. The molecule has 0 spiro atoms. The number of hydrogen-bond donors (Lipinski definition) is 0. The lowest BCUT2D eigenvalue weighted by atomic mass is 10.0. The van der Waals surface area contributed by atoms with E-state index in [1.165, 1.54) is 0 Å². The summed E-state index contributed by atoms with van der Waals surface area (Å²) in [6.07, 6.45) is 1.54. The molecule has 20 heavy (non-hydrogen) atoms. The van der Waals surface area contributed by atoms with Crippen LogP contribution >= 0.6 is 0 Å². The predicted molar refractivity (Wildman–Crippen MR) is 75.7 cm³/mol. The number of carbonyl (C=O) groups is 1. The van der Waals surface area contributed by atoms with E-state index < -0.39 is 0 Å². The van der Waals surface area contributed by atoms with Crippen molar-refractivity contribution in [3.63, 3.8) is 0 Å². The first-order valence-electron chi connectivity index (χ1n) is 6.80. The lowest BCUT2D eigenvalue weighted by Gasteiger charge is -2.42. The van der Waals surface area contributed by atoms with Crippen LogP contribution in [-0.2, 0) is 9.47 Å². The molecule has 0 radical (unpaired) electrons. The minimum absolute atomic E-state index is 0.00465. The van der Waals surface area contributed by atoms with Gasteiger partial charge in [-0.2, -0.15) is 0 Å². The molecule has 0 saturated carbocycles. The van der Waals surface area contributed by atoms with Crippen LogP contribution in [0.5, 0.6) is 0 Å². The van der Waals surface area contributed by atoms with E-state index in [0.29, 0.717) is 25.3 Å². The van der Waals surface area contributed by atoms with Crippen LogP contribution in [0.1, 0.15) is 29.9 Å². The molecule has 2 heterocycles. The normalized spacial score (nSPS) is 21.8. The standard InChI is InChI=1S/C15H22N2O3/c1-11-5-6-12(7-16-11)14(18)17-8-13(9-19-4)20-15(2,3)10-17/h5-7,13H,8-10H2,1-4H3/t13-/m0/s1. The van der Waals surface area contributed by atoms with Crippen LogP contribution in [0.3, 0.4) is 0 Å². The molecule has 0 aliphatic carbocycles. The van der Waals surface area contributed by atoms with Gasteiger partial charge in [-0.25, -0.2) is 0 Å². The highest BCUT2D eigenvalue weighted by atomic mass is 16.5. The van der Waals surface area contributed by atoms with Gasteiger partial charge in [0.15, 0.2) is 0 Å². The van der Waals surface area contributed by atoms with E-state index in [1.54, 1.807) is 13.3 Å². The van der Waals surface area contributed by atoms with Crippen molar-refractivity contribution in [3.05, 3.63) is 29.6 Å². The van der Waals surface area contributed by atoms with Crippen LogP contribution in [0, 0.1) is 6.92 Å². The molecule has 0 bridgehead atoms. The Kier molecular flexibility index (Phi) is 4.40. The van der Waals surface area contributed by atoms with Crippen LogP contribution in [-0.4, -0.2) is 54.3 Å². The highest BCUT2D eigenvalue weighted by molar-refractivity contribution is 5.94. The van der Waals surface area contributed by atoms with Gasteiger partial charge < -0.3 is 14.4 Å². The zero-order valence-electron chi connectivity index (χ0n) is 12.5. The first-order chi connectivity index (χ1) is 9.41. The first kappa shape index (κ1) is 14.9. The minimum Gasteiger partial charge on any atom is -0.382 e. The smallest absolute Gasteiger partial charge is 0.255 e. The fraction of sp³-hybridized carbons (Fsp3) is 0.600. The molecule has 1 aromatic heterocycles. The zero-order chi connectivity index (χ0) is 14.8. The largest absolute Gasteiger partial charge is 0.382 e. The topological polar surface area (TPSA) is 51.7 Å². The second kappa shape index (κ2) is 5.89. The van der Waals surface area contributed by atoms with Crippen LogP contribution in [0.2, 0.25) is 0 Å². The number of rotatable bonds is 3. The van der Waals surface area contributed by atoms with Crippen molar-refractivity contribution in [3.8, 4) is 0 Å². The summed E-state index contributed by atoms with van der Waals surface area (Å²) in [5, 5.41) is 0. The molecule has 0 unspecified atom stereocenters. The fourth-order valence-electron chi connectivity index (χ4n) is 2.50. The third kappa shape index (κ3) is 3.55. The Hall–Kier alpha value is -1.46. The number of pyridine rings is 1. The summed E-state index contributed by atoms with van der Waals surface area (Å²) in [6.45, 7) is 7.48. The number of carbonyl (C=O) groups excluding carboxylic acids is 1. The molecule has 5 nitrogen and oxygen atoms in total. The summed E-state index contributed by atoms with van der Waals surface area (Å²) >= 11 is 0. The molecule has 1 saturated heterocycles. The van der Waals surface area contributed by atoms with Gasteiger partial charge in [0.05, 0.1) is 23.9 Å². The van der Waals surface area contributed by atoms with E-state index in [4.69, 9.17) is 9.47 Å². The number of aryl methyl sites for hydroxylation is 1. The van der Waals surface area contributed by atoms with Gasteiger partial charge in [0.25, 0.3) is 5.91 Å². The maximum absolute atomic E-state index is 12.5. The van der Waals surface area contributed by atoms with Crippen molar-refractivity contribution in [2.75, 3.05) is 26.8 Å². The Morgan fingerprint density at radius 2 is 2.30 bits per heavy atom. The minimum atomic E-state index is -0.366. The summed E-state index contributed by atoms with van der Waals surface area (Å²) in [5.74, 6) is -0.00465. The molecule has 1 fully saturated rings. The maximum Gasteiger partial charge on any atom is 0.255 e. The quantitative estimate of drug-likeness (QED) is 0.843. The number of ether oxygens (including phenoxy) is 2. The van der Waals surface area contributed by atoms with Crippen molar-refractivity contribution >= 4 is 5.91 Å². The Bertz CT molecular complexity index is 471. The van der Waals surface area contributed by atoms with E-state index in [1.807, 2.05) is 37.8 Å². The molecule has 2 rings (SSSR count). The van der Waals surface area contributed by atoms with Gasteiger partial charge in [-0.3, -0.25) is 9.78 Å². The third-order valence-electron chi connectivity index (χ3n) is 3.28. The van der Waals surface area contributed by atoms with Gasteiger partial charge in [0.1, 0.15) is 0 Å². The van der Waals surface area contributed by atoms with Crippen molar-refractivity contribution in [1.82, 2.24) is 9.88 Å². The molecule has 1 atom stereocenters. The number of aromatic nitrogens is 1. The van der Waals surface area contributed by atoms with Crippen molar-refractivity contribution in [1.29, 1.82) is 0 Å². The SMILES string of the molecule is COC[C@@H]1CN(C(=O)c2ccc(C)nc2)CC(C)(C)O1. The number of methoxy groups -OCH3 is 1. The van der Waals surface area contributed by atoms with Gasteiger partial charge in [0, 0.05) is 32.1 Å². The summed E-state index contributed by atoms with van der Waals surface area (Å²) in [6, 6.07) is 3.67. The summed E-state index contributed by atoms with van der Waals surface area (Å²) in [4.78, 5) is 18.5. The molecule has 1 amide bonds. The highest BCUT2D eigenvalue weighted by Crippen LogP contribution is 2.22. The van der Waals surface area contributed by atoms with Crippen molar-refractivity contribution in [2.24, 2.45) is 0 Å². The van der Waals surface area contributed by atoms with E-state index >= 15 is 0 Å². The lowest BCUT2D eigenvalue weighted by Crippen LogP contribution is -2.55.